The van der Waals surface area contributed by atoms with Crippen LogP contribution in [0.15, 0.2) is 53.4 Å². The van der Waals surface area contributed by atoms with Crippen molar-refractivity contribution in [2.24, 2.45) is 0 Å². The summed E-state index contributed by atoms with van der Waals surface area (Å²) >= 11 is 0. The fourth-order valence-electron chi connectivity index (χ4n) is 4.10. The molecule has 0 radical (unpaired) electrons. The highest BCUT2D eigenvalue weighted by Gasteiger charge is 2.35. The maximum Gasteiger partial charge on any atom is 0.244 e. The molecule has 2 aliphatic rings. The van der Waals surface area contributed by atoms with E-state index in [0.29, 0.717) is 18.5 Å². The van der Waals surface area contributed by atoms with E-state index in [2.05, 4.69) is 15.9 Å². The Hall–Kier alpha value is -2.42. The van der Waals surface area contributed by atoms with E-state index in [1.807, 2.05) is 18.2 Å². The Balaban J connectivity index is 1.29. The van der Waals surface area contributed by atoms with E-state index in [1.165, 1.54) is 10.4 Å². The number of sulfonamides is 1. The Morgan fingerprint density at radius 2 is 1.73 bits per heavy atom. The van der Waals surface area contributed by atoms with E-state index in [4.69, 9.17) is 4.74 Å². The molecule has 4 rings (SSSR count). The van der Waals surface area contributed by atoms with Crippen molar-refractivity contribution in [2.75, 3.05) is 57.8 Å². The summed E-state index contributed by atoms with van der Waals surface area (Å²) in [6, 6.07) is 14.6. The Bertz CT molecular complexity index is 1020. The lowest BCUT2D eigenvalue weighted by molar-refractivity contribution is 0.0954. The number of hydrogen-bond donors (Lipinski definition) is 0. The number of ketones is 1. The van der Waals surface area contributed by atoms with Crippen molar-refractivity contribution in [1.29, 1.82) is 0 Å². The summed E-state index contributed by atoms with van der Waals surface area (Å²) in [6.45, 7) is 4.79. The molecule has 0 atom stereocenters. The van der Waals surface area contributed by atoms with Crippen molar-refractivity contribution >= 4 is 21.5 Å². The first-order valence-electron chi connectivity index (χ1n) is 10.2. The molecule has 0 saturated carbocycles. The molecule has 0 spiro atoms. The average molecular weight is 430 g/mol. The van der Waals surface area contributed by atoms with Crippen molar-refractivity contribution in [3.05, 3.63) is 54.1 Å². The molecular weight excluding hydrogens is 402 g/mol. The second-order valence-electron chi connectivity index (χ2n) is 7.64. The number of rotatable bonds is 6. The van der Waals surface area contributed by atoms with Gasteiger partial charge in [-0.2, -0.15) is 4.31 Å². The Morgan fingerprint density at radius 1 is 0.967 bits per heavy atom. The van der Waals surface area contributed by atoms with Gasteiger partial charge in [-0.15, -0.1) is 0 Å². The second-order valence-corrected chi connectivity index (χ2v) is 9.55. The van der Waals surface area contributed by atoms with Gasteiger partial charge in [-0.25, -0.2) is 8.42 Å². The average Bonchev–Trinajstić information content (AvgIpc) is 2.78. The summed E-state index contributed by atoms with van der Waals surface area (Å²) in [7, 11) is -1.92. The number of piperazine rings is 1. The zero-order valence-corrected chi connectivity index (χ0v) is 18.0. The molecule has 8 heteroatoms. The Morgan fingerprint density at radius 3 is 2.50 bits per heavy atom. The fraction of sp³-hybridized carbons (Fsp3) is 0.409. The predicted molar refractivity (Wildman–Crippen MR) is 116 cm³/mol. The lowest BCUT2D eigenvalue weighted by Gasteiger charge is -2.36. The minimum Gasteiger partial charge on any atom is -0.497 e. The van der Waals surface area contributed by atoms with E-state index < -0.39 is 10.0 Å². The van der Waals surface area contributed by atoms with Gasteiger partial charge >= 0.3 is 0 Å². The molecule has 2 aliphatic heterocycles. The minimum atomic E-state index is -3.60. The largest absolute Gasteiger partial charge is 0.497 e. The standard InChI is InChI=1S/C22H27N3O4S/c1-29-19-7-4-6-18(16-19)24-14-12-23(13-15-24)10-5-11-25-17-21(26)20-8-2-3-9-22(20)30(25,27)28/h2-4,6-9,16H,5,10-15,17H2,1H3. The molecular formula is C22H27N3O4S. The molecule has 0 aromatic heterocycles. The molecule has 7 nitrogen and oxygen atoms in total. The zero-order chi connectivity index (χ0) is 21.1. The van der Waals surface area contributed by atoms with Gasteiger partial charge in [0.1, 0.15) is 5.75 Å². The first kappa shape index (κ1) is 20.8. The van der Waals surface area contributed by atoms with Crippen LogP contribution in [0.1, 0.15) is 16.8 Å². The van der Waals surface area contributed by atoms with Crippen LogP contribution < -0.4 is 9.64 Å². The fourth-order valence-corrected chi connectivity index (χ4v) is 5.74. The molecule has 1 saturated heterocycles. The van der Waals surface area contributed by atoms with E-state index in [9.17, 15) is 13.2 Å². The molecule has 2 aromatic rings. The number of anilines is 1. The van der Waals surface area contributed by atoms with Crippen LogP contribution in [0.25, 0.3) is 0 Å². The van der Waals surface area contributed by atoms with Crippen LogP contribution >= 0.6 is 0 Å². The van der Waals surface area contributed by atoms with Crippen LogP contribution in [0.2, 0.25) is 0 Å². The predicted octanol–water partition coefficient (Wildman–Crippen LogP) is 2.09. The molecule has 160 valence electrons. The number of Topliss-reactive ketones (excluding diaryl/α,β-unsaturated/α-hetero) is 1. The molecule has 1 fully saturated rings. The van der Waals surface area contributed by atoms with E-state index in [-0.39, 0.29) is 17.2 Å². The first-order chi connectivity index (χ1) is 14.5. The van der Waals surface area contributed by atoms with Gasteiger partial charge in [-0.1, -0.05) is 18.2 Å². The van der Waals surface area contributed by atoms with Crippen LogP contribution in [0.5, 0.6) is 5.75 Å². The summed E-state index contributed by atoms with van der Waals surface area (Å²) < 4.78 is 32.3. The number of methoxy groups -OCH3 is 1. The quantitative estimate of drug-likeness (QED) is 0.700. The van der Waals surface area contributed by atoms with Gasteiger partial charge in [0, 0.05) is 50.0 Å². The summed E-state index contributed by atoms with van der Waals surface area (Å²) in [5.41, 5.74) is 1.47. The van der Waals surface area contributed by atoms with Crippen molar-refractivity contribution in [3.63, 3.8) is 0 Å². The third-order valence-corrected chi connectivity index (χ3v) is 7.70. The van der Waals surface area contributed by atoms with Crippen LogP contribution in [-0.2, 0) is 10.0 Å². The third-order valence-electron chi connectivity index (χ3n) is 5.80. The number of hydrogen-bond acceptors (Lipinski definition) is 6. The number of benzene rings is 2. The van der Waals surface area contributed by atoms with E-state index >= 15 is 0 Å². The topological polar surface area (TPSA) is 70.2 Å². The lowest BCUT2D eigenvalue weighted by Crippen LogP contribution is -2.47. The normalized spacial score (nSPS) is 19.5. The van der Waals surface area contributed by atoms with Gasteiger partial charge in [-0.05, 0) is 37.2 Å². The van der Waals surface area contributed by atoms with E-state index in [0.717, 1.165) is 44.2 Å². The number of fused-ring (bicyclic) bond motifs is 1. The van der Waals surface area contributed by atoms with Gasteiger partial charge in [0.05, 0.1) is 18.6 Å². The van der Waals surface area contributed by atoms with Gasteiger partial charge in [0.25, 0.3) is 0 Å². The number of carbonyl (C=O) groups excluding carboxylic acids is 1. The highest BCUT2D eigenvalue weighted by molar-refractivity contribution is 7.89. The molecule has 2 aromatic carbocycles. The van der Waals surface area contributed by atoms with Gasteiger partial charge < -0.3 is 9.64 Å². The van der Waals surface area contributed by atoms with Crippen molar-refractivity contribution in [1.82, 2.24) is 9.21 Å². The SMILES string of the molecule is COc1cccc(N2CCN(CCCN3CC(=O)c4ccccc4S3(=O)=O)CC2)c1. The van der Waals surface area contributed by atoms with Crippen LogP contribution in [-0.4, -0.2) is 76.3 Å². The van der Waals surface area contributed by atoms with Gasteiger partial charge in [0.2, 0.25) is 10.0 Å². The second kappa shape index (κ2) is 8.75. The van der Waals surface area contributed by atoms with E-state index in [1.54, 1.807) is 25.3 Å². The van der Waals surface area contributed by atoms with Crippen molar-refractivity contribution in [3.8, 4) is 5.75 Å². The van der Waals surface area contributed by atoms with Gasteiger partial charge in [-0.3, -0.25) is 9.69 Å². The summed E-state index contributed by atoms with van der Waals surface area (Å²) in [5.74, 6) is 0.723. The summed E-state index contributed by atoms with van der Waals surface area (Å²) in [5, 5.41) is 0. The molecule has 0 N–H and O–H groups in total. The Kier molecular flexibility index (Phi) is 6.08. The number of carbonyl (C=O) groups is 1. The zero-order valence-electron chi connectivity index (χ0n) is 17.2. The highest BCUT2D eigenvalue weighted by Crippen LogP contribution is 2.26. The smallest absolute Gasteiger partial charge is 0.244 e. The first-order valence-corrected chi connectivity index (χ1v) is 11.7. The van der Waals surface area contributed by atoms with Crippen molar-refractivity contribution < 1.29 is 17.9 Å². The monoisotopic (exact) mass is 429 g/mol. The van der Waals surface area contributed by atoms with Gasteiger partial charge in [0.15, 0.2) is 5.78 Å². The maximum atomic E-state index is 12.8. The molecule has 0 bridgehead atoms. The molecule has 0 aliphatic carbocycles. The summed E-state index contributed by atoms with van der Waals surface area (Å²) in [6.07, 6.45) is 0.702. The van der Waals surface area contributed by atoms with Crippen LogP contribution in [0.4, 0.5) is 5.69 Å². The Labute approximate surface area is 177 Å². The van der Waals surface area contributed by atoms with Crippen LogP contribution in [0.3, 0.4) is 0 Å². The molecule has 2 heterocycles. The molecule has 0 amide bonds. The summed E-state index contributed by atoms with van der Waals surface area (Å²) in [4.78, 5) is 17.2. The maximum absolute atomic E-state index is 12.8. The van der Waals surface area contributed by atoms with Crippen molar-refractivity contribution in [2.45, 2.75) is 11.3 Å². The molecule has 30 heavy (non-hydrogen) atoms. The lowest BCUT2D eigenvalue weighted by atomic mass is 10.1. The minimum absolute atomic E-state index is 0.0665. The number of ether oxygens (including phenoxy) is 1. The number of nitrogens with zero attached hydrogens (tertiary/aromatic N) is 3. The van der Waals surface area contributed by atoms with Crippen LogP contribution in [0, 0.1) is 0 Å². The highest BCUT2D eigenvalue weighted by atomic mass is 32.2. The third kappa shape index (κ3) is 4.21. The molecule has 0 unspecified atom stereocenters.